The maximum Gasteiger partial charge on any atom is 0.0731 e. The molecular weight excluding hydrogens is 250 g/mol. The smallest absolute Gasteiger partial charge is 0.0731 e. The van der Waals surface area contributed by atoms with Crippen molar-refractivity contribution in [2.75, 3.05) is 13.2 Å². The van der Waals surface area contributed by atoms with E-state index in [1.165, 1.54) is 38.5 Å². The third kappa shape index (κ3) is 2.90. The molecule has 1 saturated heterocycles. The molecule has 1 heterocycles. The molecule has 2 saturated carbocycles. The van der Waals surface area contributed by atoms with Crippen LogP contribution in [-0.2, 0) is 4.74 Å². The quantitative estimate of drug-likeness (QED) is 0.845. The van der Waals surface area contributed by atoms with Gasteiger partial charge in [0.25, 0.3) is 0 Å². The lowest BCUT2D eigenvalue weighted by atomic mass is 9.76. The highest BCUT2D eigenvalue weighted by Gasteiger charge is 2.42. The topological polar surface area (TPSA) is 32.7 Å². The molecule has 1 aliphatic heterocycles. The number of hydrogen-bond acceptors (Lipinski definition) is 3. The van der Waals surface area contributed by atoms with Crippen LogP contribution in [0.3, 0.4) is 0 Å². The Morgan fingerprint density at radius 3 is 2.65 bits per heavy atom. The van der Waals surface area contributed by atoms with E-state index in [4.69, 9.17) is 4.74 Å². The molecule has 2 aliphatic carbocycles. The summed E-state index contributed by atoms with van der Waals surface area (Å²) in [5.74, 6) is 1.53. The molecule has 3 heteroatoms. The molecule has 5 atom stereocenters. The highest BCUT2D eigenvalue weighted by atomic mass is 16.5. The van der Waals surface area contributed by atoms with Crippen molar-refractivity contribution in [2.45, 2.75) is 83.1 Å². The number of morpholine rings is 1. The molecule has 0 aromatic heterocycles. The van der Waals surface area contributed by atoms with Crippen molar-refractivity contribution in [3.63, 3.8) is 0 Å². The van der Waals surface area contributed by atoms with Gasteiger partial charge in [-0.3, -0.25) is 4.90 Å². The van der Waals surface area contributed by atoms with Crippen LogP contribution >= 0.6 is 0 Å². The Morgan fingerprint density at radius 1 is 1.05 bits per heavy atom. The van der Waals surface area contributed by atoms with Gasteiger partial charge < -0.3 is 9.84 Å². The van der Waals surface area contributed by atoms with Gasteiger partial charge in [-0.05, 0) is 43.9 Å². The summed E-state index contributed by atoms with van der Waals surface area (Å²) < 4.78 is 5.99. The van der Waals surface area contributed by atoms with Crippen molar-refractivity contribution in [3.05, 3.63) is 0 Å². The average Bonchev–Trinajstić information content (AvgIpc) is 2.47. The minimum Gasteiger partial charge on any atom is -0.391 e. The van der Waals surface area contributed by atoms with Gasteiger partial charge >= 0.3 is 0 Å². The standard InChI is InChI=1S/C17H31NO2/c1-12(2)13-7-8-16(19)15(11-13)18-9-10-20-17-6-4-3-5-14(17)18/h12-17,19H,3-11H2,1-2H3. The lowest BCUT2D eigenvalue weighted by molar-refractivity contribution is -0.129. The molecule has 3 fully saturated rings. The molecule has 3 nitrogen and oxygen atoms in total. The Kier molecular flexibility index (Phi) is 4.68. The lowest BCUT2D eigenvalue weighted by Gasteiger charge is -2.50. The van der Waals surface area contributed by atoms with Crippen LogP contribution in [0, 0.1) is 11.8 Å². The number of nitrogens with zero attached hydrogens (tertiary/aromatic N) is 1. The first-order chi connectivity index (χ1) is 9.66. The van der Waals surface area contributed by atoms with Crippen molar-refractivity contribution < 1.29 is 9.84 Å². The summed E-state index contributed by atoms with van der Waals surface area (Å²) in [4.78, 5) is 2.63. The van der Waals surface area contributed by atoms with E-state index >= 15 is 0 Å². The molecule has 0 bridgehead atoms. The molecular formula is C17H31NO2. The lowest BCUT2D eigenvalue weighted by Crippen LogP contribution is -2.60. The maximum atomic E-state index is 10.5. The van der Waals surface area contributed by atoms with Crippen molar-refractivity contribution in [1.82, 2.24) is 4.90 Å². The summed E-state index contributed by atoms with van der Waals surface area (Å²) in [6.07, 6.45) is 8.82. The van der Waals surface area contributed by atoms with E-state index in [0.717, 1.165) is 31.4 Å². The fraction of sp³-hybridized carbons (Fsp3) is 1.00. The number of hydrogen-bond donors (Lipinski definition) is 1. The van der Waals surface area contributed by atoms with Crippen LogP contribution in [0.25, 0.3) is 0 Å². The maximum absolute atomic E-state index is 10.5. The Morgan fingerprint density at radius 2 is 1.85 bits per heavy atom. The van der Waals surface area contributed by atoms with Crippen LogP contribution in [0.4, 0.5) is 0 Å². The molecule has 1 N–H and O–H groups in total. The van der Waals surface area contributed by atoms with Gasteiger partial charge in [-0.15, -0.1) is 0 Å². The molecule has 3 aliphatic rings. The van der Waals surface area contributed by atoms with E-state index in [1.54, 1.807) is 0 Å². The number of ether oxygens (including phenoxy) is 1. The van der Waals surface area contributed by atoms with E-state index in [9.17, 15) is 5.11 Å². The predicted molar refractivity (Wildman–Crippen MR) is 80.7 cm³/mol. The Labute approximate surface area is 123 Å². The Bertz CT molecular complexity index is 318. The van der Waals surface area contributed by atoms with E-state index in [1.807, 2.05) is 0 Å². The zero-order chi connectivity index (χ0) is 14.1. The zero-order valence-corrected chi connectivity index (χ0v) is 13.1. The van der Waals surface area contributed by atoms with Gasteiger partial charge in [-0.2, -0.15) is 0 Å². The first-order valence-corrected chi connectivity index (χ1v) is 8.72. The molecule has 0 aromatic rings. The summed E-state index contributed by atoms with van der Waals surface area (Å²) in [6, 6.07) is 0.953. The largest absolute Gasteiger partial charge is 0.391 e. The summed E-state index contributed by atoms with van der Waals surface area (Å²) in [5.41, 5.74) is 0. The minimum atomic E-state index is -0.120. The van der Waals surface area contributed by atoms with Crippen molar-refractivity contribution in [1.29, 1.82) is 0 Å². The van der Waals surface area contributed by atoms with Crippen molar-refractivity contribution in [2.24, 2.45) is 11.8 Å². The van der Waals surface area contributed by atoms with Gasteiger partial charge in [0.2, 0.25) is 0 Å². The fourth-order valence-corrected chi connectivity index (χ4v) is 4.66. The first kappa shape index (κ1) is 14.8. The van der Waals surface area contributed by atoms with E-state index in [0.29, 0.717) is 18.2 Å². The van der Waals surface area contributed by atoms with Crippen molar-refractivity contribution in [3.8, 4) is 0 Å². The highest BCUT2D eigenvalue weighted by Crippen LogP contribution is 2.37. The zero-order valence-electron chi connectivity index (χ0n) is 13.1. The minimum absolute atomic E-state index is 0.120. The second-order valence-electron chi connectivity index (χ2n) is 7.45. The highest BCUT2D eigenvalue weighted by molar-refractivity contribution is 4.95. The van der Waals surface area contributed by atoms with E-state index in [-0.39, 0.29) is 6.10 Å². The monoisotopic (exact) mass is 281 g/mol. The van der Waals surface area contributed by atoms with Gasteiger partial charge in [0, 0.05) is 18.6 Å². The van der Waals surface area contributed by atoms with Crippen LogP contribution in [-0.4, -0.2) is 47.4 Å². The van der Waals surface area contributed by atoms with Gasteiger partial charge in [0.15, 0.2) is 0 Å². The van der Waals surface area contributed by atoms with Crippen LogP contribution in [0.15, 0.2) is 0 Å². The van der Waals surface area contributed by atoms with Gasteiger partial charge in [-0.1, -0.05) is 26.7 Å². The Hall–Kier alpha value is -0.120. The third-order valence-electron chi connectivity index (χ3n) is 5.97. The normalized spacial score (nSPS) is 43.5. The predicted octanol–water partition coefficient (Wildman–Crippen LogP) is 2.82. The second kappa shape index (κ2) is 6.33. The number of fused-ring (bicyclic) bond motifs is 1. The number of aliphatic hydroxyl groups excluding tert-OH is 1. The molecule has 116 valence electrons. The van der Waals surface area contributed by atoms with Gasteiger partial charge in [-0.25, -0.2) is 0 Å². The fourth-order valence-electron chi connectivity index (χ4n) is 4.66. The molecule has 0 spiro atoms. The number of rotatable bonds is 2. The van der Waals surface area contributed by atoms with Crippen LogP contribution in [0.1, 0.15) is 58.8 Å². The second-order valence-corrected chi connectivity index (χ2v) is 7.45. The van der Waals surface area contributed by atoms with Crippen LogP contribution in [0.5, 0.6) is 0 Å². The first-order valence-electron chi connectivity index (χ1n) is 8.72. The van der Waals surface area contributed by atoms with Gasteiger partial charge in [0.05, 0.1) is 18.8 Å². The SMILES string of the molecule is CC(C)C1CCC(O)C(N2CCOC3CCCCC32)C1. The molecule has 20 heavy (non-hydrogen) atoms. The van der Waals surface area contributed by atoms with Gasteiger partial charge in [0.1, 0.15) is 0 Å². The summed E-state index contributed by atoms with van der Waals surface area (Å²) in [6.45, 7) is 6.55. The summed E-state index contributed by atoms with van der Waals surface area (Å²) in [7, 11) is 0. The van der Waals surface area contributed by atoms with E-state index < -0.39 is 0 Å². The third-order valence-corrected chi connectivity index (χ3v) is 5.97. The molecule has 5 unspecified atom stereocenters. The molecule has 0 radical (unpaired) electrons. The summed E-state index contributed by atoms with van der Waals surface area (Å²) >= 11 is 0. The van der Waals surface area contributed by atoms with Crippen LogP contribution in [0.2, 0.25) is 0 Å². The van der Waals surface area contributed by atoms with Crippen molar-refractivity contribution >= 4 is 0 Å². The average molecular weight is 281 g/mol. The molecule has 0 amide bonds. The number of aliphatic hydroxyl groups is 1. The molecule has 3 rings (SSSR count). The Balaban J connectivity index is 1.71. The molecule has 0 aromatic carbocycles. The van der Waals surface area contributed by atoms with Crippen LogP contribution < -0.4 is 0 Å². The summed E-state index contributed by atoms with van der Waals surface area (Å²) in [5, 5.41) is 10.5. The van der Waals surface area contributed by atoms with E-state index in [2.05, 4.69) is 18.7 Å².